The number of nitrogens with zero attached hydrogens (tertiary/aromatic N) is 2. The average molecular weight is 345 g/mol. The molecule has 0 saturated carbocycles. The molecule has 1 aromatic rings. The summed E-state index contributed by atoms with van der Waals surface area (Å²) in [7, 11) is 1.86. The van der Waals surface area contributed by atoms with Gasteiger partial charge < -0.3 is 19.7 Å². The van der Waals surface area contributed by atoms with Crippen molar-refractivity contribution in [1.82, 2.24) is 10.2 Å². The lowest BCUT2D eigenvalue weighted by atomic mass is 9.87. The Morgan fingerprint density at radius 1 is 1.40 bits per heavy atom. The highest BCUT2D eigenvalue weighted by Crippen LogP contribution is 2.38. The third kappa shape index (κ3) is 4.66. The summed E-state index contributed by atoms with van der Waals surface area (Å²) >= 11 is 0. The van der Waals surface area contributed by atoms with Gasteiger partial charge in [0.2, 0.25) is 0 Å². The molecule has 0 amide bonds. The molecular weight excluding hydrogens is 314 g/mol. The first-order valence-corrected chi connectivity index (χ1v) is 9.35. The van der Waals surface area contributed by atoms with Crippen molar-refractivity contribution < 1.29 is 9.47 Å². The van der Waals surface area contributed by atoms with Crippen LogP contribution in [0.15, 0.2) is 29.3 Å². The molecule has 5 heteroatoms. The molecule has 0 aromatic heterocycles. The third-order valence-electron chi connectivity index (χ3n) is 5.07. The number of hydrogen-bond donors (Lipinski definition) is 1. The quantitative estimate of drug-likeness (QED) is 0.658. The summed E-state index contributed by atoms with van der Waals surface area (Å²) in [5.41, 5.74) is 1.56. The Bertz CT molecular complexity index is 594. The molecule has 2 saturated heterocycles. The van der Waals surface area contributed by atoms with Gasteiger partial charge in [-0.25, -0.2) is 0 Å². The van der Waals surface area contributed by atoms with E-state index in [0.717, 1.165) is 51.2 Å². The van der Waals surface area contributed by atoms with Crippen LogP contribution in [0.5, 0.6) is 5.75 Å². The number of guanidine groups is 1. The Morgan fingerprint density at radius 3 is 3.00 bits per heavy atom. The molecule has 2 heterocycles. The molecule has 3 rings (SSSR count). The summed E-state index contributed by atoms with van der Waals surface area (Å²) < 4.78 is 11.4. The van der Waals surface area contributed by atoms with E-state index in [9.17, 15) is 0 Å². The van der Waals surface area contributed by atoms with Gasteiger partial charge in [0.15, 0.2) is 5.96 Å². The van der Waals surface area contributed by atoms with Gasteiger partial charge in [-0.15, -0.1) is 0 Å². The van der Waals surface area contributed by atoms with Gasteiger partial charge in [-0.2, -0.15) is 0 Å². The Balaban J connectivity index is 1.54. The van der Waals surface area contributed by atoms with E-state index in [2.05, 4.69) is 47.3 Å². The van der Waals surface area contributed by atoms with Crippen LogP contribution >= 0.6 is 0 Å². The van der Waals surface area contributed by atoms with E-state index in [1.807, 2.05) is 13.1 Å². The zero-order valence-electron chi connectivity index (χ0n) is 15.8. The molecule has 1 N–H and O–H groups in total. The minimum Gasteiger partial charge on any atom is -0.493 e. The van der Waals surface area contributed by atoms with E-state index in [4.69, 9.17) is 9.47 Å². The number of nitrogens with one attached hydrogen (secondary N) is 1. The Morgan fingerprint density at radius 2 is 2.28 bits per heavy atom. The predicted octanol–water partition coefficient (Wildman–Crippen LogP) is 2.91. The standard InChI is InChI=1S/C20H31N3O2/c1-16(2)13-25-18-6-4-5-17(11-18)12-22-19(21-3)23-9-7-20(14-23)8-10-24-15-20/h4-6,11,16H,7-10,12-15H2,1-3H3,(H,21,22). The monoisotopic (exact) mass is 345 g/mol. The molecule has 1 aromatic carbocycles. The van der Waals surface area contributed by atoms with Crippen molar-refractivity contribution in [3.05, 3.63) is 29.8 Å². The van der Waals surface area contributed by atoms with Crippen molar-refractivity contribution in [2.75, 3.05) is 40.0 Å². The summed E-state index contributed by atoms with van der Waals surface area (Å²) in [6, 6.07) is 8.30. The van der Waals surface area contributed by atoms with Gasteiger partial charge in [0, 0.05) is 38.7 Å². The molecule has 2 aliphatic heterocycles. The maximum atomic E-state index is 5.82. The number of ether oxygens (including phenoxy) is 2. The van der Waals surface area contributed by atoms with Crippen molar-refractivity contribution in [3.8, 4) is 5.75 Å². The van der Waals surface area contributed by atoms with Crippen LogP contribution in [0.25, 0.3) is 0 Å². The van der Waals surface area contributed by atoms with Crippen LogP contribution in [0.1, 0.15) is 32.3 Å². The summed E-state index contributed by atoms with van der Waals surface area (Å²) in [4.78, 5) is 6.85. The molecule has 0 bridgehead atoms. The fourth-order valence-corrected chi connectivity index (χ4v) is 3.61. The lowest BCUT2D eigenvalue weighted by molar-refractivity contribution is 0.156. The number of hydrogen-bond acceptors (Lipinski definition) is 3. The minimum atomic E-state index is 0.349. The molecule has 0 radical (unpaired) electrons. The Kier molecular flexibility index (Phi) is 5.84. The van der Waals surface area contributed by atoms with Crippen molar-refractivity contribution in [2.24, 2.45) is 16.3 Å². The second kappa shape index (κ2) is 8.09. The Hall–Kier alpha value is -1.75. The Labute approximate surface area is 151 Å². The first-order chi connectivity index (χ1) is 12.1. The minimum absolute atomic E-state index is 0.349. The van der Waals surface area contributed by atoms with Gasteiger partial charge in [-0.1, -0.05) is 26.0 Å². The zero-order chi connectivity index (χ0) is 17.7. The molecule has 2 fully saturated rings. The van der Waals surface area contributed by atoms with Crippen molar-refractivity contribution in [3.63, 3.8) is 0 Å². The summed E-state index contributed by atoms with van der Waals surface area (Å²) in [5, 5.41) is 3.51. The predicted molar refractivity (Wildman–Crippen MR) is 101 cm³/mol. The SMILES string of the molecule is CN=C(NCc1cccc(OCC(C)C)c1)N1CCC2(CCOC2)C1. The molecule has 5 nitrogen and oxygen atoms in total. The van der Waals surface area contributed by atoms with Gasteiger partial charge in [0.05, 0.1) is 13.2 Å². The van der Waals surface area contributed by atoms with Crippen LogP contribution in [0.2, 0.25) is 0 Å². The topological polar surface area (TPSA) is 46.1 Å². The molecule has 1 atom stereocenters. The van der Waals surface area contributed by atoms with E-state index in [-0.39, 0.29) is 0 Å². The lowest BCUT2D eigenvalue weighted by Crippen LogP contribution is -2.41. The van der Waals surface area contributed by atoms with Crippen molar-refractivity contribution >= 4 is 5.96 Å². The highest BCUT2D eigenvalue weighted by Gasteiger charge is 2.42. The van der Waals surface area contributed by atoms with Crippen molar-refractivity contribution in [1.29, 1.82) is 0 Å². The normalized spacial score (nSPS) is 23.7. The van der Waals surface area contributed by atoms with E-state index in [0.29, 0.717) is 11.3 Å². The first-order valence-electron chi connectivity index (χ1n) is 9.35. The van der Waals surface area contributed by atoms with Gasteiger partial charge >= 0.3 is 0 Å². The van der Waals surface area contributed by atoms with Crippen molar-refractivity contribution in [2.45, 2.75) is 33.2 Å². The molecule has 25 heavy (non-hydrogen) atoms. The second-order valence-electron chi connectivity index (χ2n) is 7.73. The van der Waals surface area contributed by atoms with E-state index >= 15 is 0 Å². The molecule has 2 aliphatic rings. The van der Waals surface area contributed by atoms with Crippen LogP contribution in [0, 0.1) is 11.3 Å². The van der Waals surface area contributed by atoms with E-state index < -0.39 is 0 Å². The zero-order valence-corrected chi connectivity index (χ0v) is 15.8. The molecule has 1 spiro atoms. The molecule has 138 valence electrons. The second-order valence-corrected chi connectivity index (χ2v) is 7.73. The lowest BCUT2D eigenvalue weighted by Gasteiger charge is -2.25. The molecular formula is C20H31N3O2. The smallest absolute Gasteiger partial charge is 0.193 e. The van der Waals surface area contributed by atoms with Crippen LogP contribution in [-0.4, -0.2) is 50.8 Å². The fraction of sp³-hybridized carbons (Fsp3) is 0.650. The molecule has 1 unspecified atom stereocenters. The maximum absolute atomic E-state index is 5.82. The number of aliphatic imine (C=N–C) groups is 1. The van der Waals surface area contributed by atoms with Gasteiger partial charge in [-0.3, -0.25) is 4.99 Å². The van der Waals surface area contributed by atoms with Crippen LogP contribution in [-0.2, 0) is 11.3 Å². The summed E-state index contributed by atoms with van der Waals surface area (Å²) in [6.45, 7) is 9.73. The summed E-state index contributed by atoms with van der Waals surface area (Å²) in [6.07, 6.45) is 2.38. The van der Waals surface area contributed by atoms with Gasteiger partial charge in [0.25, 0.3) is 0 Å². The average Bonchev–Trinajstić information content (AvgIpc) is 3.24. The first kappa shape index (κ1) is 18.1. The van der Waals surface area contributed by atoms with Crippen LogP contribution in [0.3, 0.4) is 0 Å². The number of rotatable bonds is 5. The highest BCUT2D eigenvalue weighted by atomic mass is 16.5. The largest absolute Gasteiger partial charge is 0.493 e. The van der Waals surface area contributed by atoms with Crippen LogP contribution in [0.4, 0.5) is 0 Å². The van der Waals surface area contributed by atoms with Gasteiger partial charge in [0.1, 0.15) is 5.75 Å². The number of likely N-dealkylation sites (tertiary alicyclic amines) is 1. The fourth-order valence-electron chi connectivity index (χ4n) is 3.61. The van der Waals surface area contributed by atoms with Crippen LogP contribution < -0.4 is 10.1 Å². The number of benzene rings is 1. The van der Waals surface area contributed by atoms with Gasteiger partial charge in [-0.05, 0) is 36.5 Å². The highest BCUT2D eigenvalue weighted by molar-refractivity contribution is 5.80. The van der Waals surface area contributed by atoms with E-state index in [1.54, 1.807) is 0 Å². The third-order valence-corrected chi connectivity index (χ3v) is 5.07. The maximum Gasteiger partial charge on any atom is 0.193 e. The molecule has 0 aliphatic carbocycles. The summed E-state index contributed by atoms with van der Waals surface area (Å²) in [5.74, 6) is 2.45. The van der Waals surface area contributed by atoms with E-state index in [1.165, 1.54) is 18.4 Å².